The van der Waals surface area contributed by atoms with Crippen LogP contribution in [0.1, 0.15) is 38.2 Å². The Morgan fingerprint density at radius 3 is 2.69 bits per heavy atom. The highest BCUT2D eigenvalue weighted by molar-refractivity contribution is 7.89. The van der Waals surface area contributed by atoms with Crippen molar-refractivity contribution in [3.8, 4) is 0 Å². The molecule has 8 heteroatoms. The van der Waals surface area contributed by atoms with Crippen molar-refractivity contribution in [2.75, 3.05) is 25.0 Å². The first kappa shape index (κ1) is 18.8. The van der Waals surface area contributed by atoms with E-state index in [0.717, 1.165) is 5.56 Å². The molecule has 0 bridgehead atoms. The maximum atomic E-state index is 12.9. The third kappa shape index (κ3) is 3.91. The number of nitrogens with zero attached hydrogens (tertiary/aromatic N) is 1. The third-order valence-electron chi connectivity index (χ3n) is 4.91. The molecule has 2 aliphatic heterocycles. The van der Waals surface area contributed by atoms with Crippen LogP contribution in [0.5, 0.6) is 0 Å². The van der Waals surface area contributed by atoms with Gasteiger partial charge in [0.2, 0.25) is 15.9 Å². The number of rotatable bonds is 4. The summed E-state index contributed by atoms with van der Waals surface area (Å²) in [5, 5.41) is 2.81. The molecule has 0 spiro atoms. The monoisotopic (exact) mass is 380 g/mol. The summed E-state index contributed by atoms with van der Waals surface area (Å²) in [7, 11) is -3.61. The van der Waals surface area contributed by atoms with E-state index in [9.17, 15) is 18.0 Å². The zero-order chi connectivity index (χ0) is 18.7. The van der Waals surface area contributed by atoms with E-state index in [4.69, 9.17) is 4.74 Å². The fourth-order valence-corrected chi connectivity index (χ4v) is 4.97. The van der Waals surface area contributed by atoms with Crippen LogP contribution in [-0.4, -0.2) is 44.3 Å². The first-order valence-corrected chi connectivity index (χ1v) is 10.5. The summed E-state index contributed by atoms with van der Waals surface area (Å²) in [6.45, 7) is 2.71. The molecule has 1 amide bonds. The number of carbonyl (C=O) groups is 2. The number of piperidine rings is 1. The summed E-state index contributed by atoms with van der Waals surface area (Å²) in [5.41, 5.74) is 1.53. The number of aryl methyl sites for hydroxylation is 1. The number of amides is 1. The molecular formula is C18H24N2O5S. The van der Waals surface area contributed by atoms with Crippen LogP contribution < -0.4 is 5.32 Å². The molecule has 1 aromatic rings. The number of esters is 1. The molecule has 1 aromatic carbocycles. The van der Waals surface area contributed by atoms with E-state index in [1.54, 1.807) is 19.1 Å². The van der Waals surface area contributed by atoms with Crippen LogP contribution in [0.3, 0.4) is 0 Å². The van der Waals surface area contributed by atoms with E-state index in [0.29, 0.717) is 57.5 Å². The highest BCUT2D eigenvalue weighted by Gasteiger charge is 2.33. The van der Waals surface area contributed by atoms with Crippen LogP contribution in [0.25, 0.3) is 0 Å². The highest BCUT2D eigenvalue weighted by Crippen LogP contribution is 2.29. The van der Waals surface area contributed by atoms with Crippen LogP contribution in [0.2, 0.25) is 0 Å². The quantitative estimate of drug-likeness (QED) is 0.806. The average Bonchev–Trinajstić information content (AvgIpc) is 2.81. The first-order chi connectivity index (χ1) is 12.4. The predicted octanol–water partition coefficient (Wildman–Crippen LogP) is 1.93. The number of ether oxygens (including phenoxy) is 1. The van der Waals surface area contributed by atoms with Gasteiger partial charge in [0.1, 0.15) is 0 Å². The second-order valence-corrected chi connectivity index (χ2v) is 8.59. The molecule has 142 valence electrons. The standard InChI is InChI=1S/C18H24N2O5S/c1-2-25-18(22)13-8-10-20(11-9-13)26(23,24)15-6-7-16-14(12-15)4-3-5-17(21)19-16/h6-7,12-13H,2-5,8-11H2,1H3,(H,19,21). The Hall–Kier alpha value is -1.93. The molecule has 26 heavy (non-hydrogen) atoms. The number of benzene rings is 1. The largest absolute Gasteiger partial charge is 0.466 e. The summed E-state index contributed by atoms with van der Waals surface area (Å²) in [6.07, 6.45) is 2.76. The molecule has 1 N–H and O–H groups in total. The van der Waals surface area contributed by atoms with Crippen LogP contribution in [0.4, 0.5) is 5.69 Å². The van der Waals surface area contributed by atoms with E-state index in [1.165, 1.54) is 10.4 Å². The molecule has 0 aromatic heterocycles. The molecule has 0 atom stereocenters. The number of anilines is 1. The minimum Gasteiger partial charge on any atom is -0.466 e. The lowest BCUT2D eigenvalue weighted by Gasteiger charge is -2.30. The smallest absolute Gasteiger partial charge is 0.309 e. The second kappa shape index (κ2) is 7.75. The summed E-state index contributed by atoms with van der Waals surface area (Å²) in [6, 6.07) is 4.86. The third-order valence-corrected chi connectivity index (χ3v) is 6.81. The molecule has 2 heterocycles. The Morgan fingerprint density at radius 2 is 2.00 bits per heavy atom. The van der Waals surface area contributed by atoms with Gasteiger partial charge < -0.3 is 10.1 Å². The predicted molar refractivity (Wildman–Crippen MR) is 96.1 cm³/mol. The van der Waals surface area contributed by atoms with Gasteiger partial charge in [-0.3, -0.25) is 9.59 Å². The molecule has 0 radical (unpaired) electrons. The number of sulfonamides is 1. The molecule has 2 aliphatic rings. The van der Waals surface area contributed by atoms with Gasteiger partial charge in [0.05, 0.1) is 17.4 Å². The number of fused-ring (bicyclic) bond motifs is 1. The summed E-state index contributed by atoms with van der Waals surface area (Å²) in [5.74, 6) is -0.519. The van der Waals surface area contributed by atoms with Gasteiger partial charge in [-0.2, -0.15) is 4.31 Å². The van der Waals surface area contributed by atoms with Crippen molar-refractivity contribution in [3.05, 3.63) is 23.8 Å². The molecule has 0 unspecified atom stereocenters. The zero-order valence-corrected chi connectivity index (χ0v) is 15.7. The Balaban J connectivity index is 1.74. The molecule has 3 rings (SSSR count). The van der Waals surface area contributed by atoms with Gasteiger partial charge in [-0.1, -0.05) is 0 Å². The van der Waals surface area contributed by atoms with Gasteiger partial charge in [-0.15, -0.1) is 0 Å². The van der Waals surface area contributed by atoms with Crippen molar-refractivity contribution in [2.45, 2.75) is 43.9 Å². The maximum Gasteiger partial charge on any atom is 0.309 e. The van der Waals surface area contributed by atoms with Crippen LogP contribution >= 0.6 is 0 Å². The topological polar surface area (TPSA) is 92.8 Å². The summed E-state index contributed by atoms with van der Waals surface area (Å²) < 4.78 is 32.4. The summed E-state index contributed by atoms with van der Waals surface area (Å²) >= 11 is 0. The number of hydrogen-bond acceptors (Lipinski definition) is 5. The fraction of sp³-hybridized carbons (Fsp3) is 0.556. The van der Waals surface area contributed by atoms with Gasteiger partial charge in [0.15, 0.2) is 0 Å². The fourth-order valence-electron chi connectivity index (χ4n) is 3.45. The SMILES string of the molecule is CCOC(=O)C1CCN(S(=O)(=O)c2ccc3c(c2)CCCC(=O)N3)CC1. The average molecular weight is 380 g/mol. The normalized spacial score (nSPS) is 19.3. The van der Waals surface area contributed by atoms with E-state index in [1.807, 2.05) is 0 Å². The van der Waals surface area contributed by atoms with Gasteiger partial charge in [-0.25, -0.2) is 8.42 Å². The van der Waals surface area contributed by atoms with Crippen LogP contribution in [-0.2, 0) is 30.8 Å². The Labute approximate surface area is 153 Å². The van der Waals surface area contributed by atoms with E-state index >= 15 is 0 Å². The van der Waals surface area contributed by atoms with Crippen molar-refractivity contribution in [3.63, 3.8) is 0 Å². The minimum absolute atomic E-state index is 0.0413. The Kier molecular flexibility index (Phi) is 5.62. The molecule has 1 saturated heterocycles. The van der Waals surface area contributed by atoms with Crippen molar-refractivity contribution in [2.24, 2.45) is 5.92 Å². The zero-order valence-electron chi connectivity index (χ0n) is 14.9. The lowest BCUT2D eigenvalue weighted by atomic mass is 9.98. The number of nitrogens with one attached hydrogen (secondary N) is 1. The molecule has 0 aliphatic carbocycles. The molecule has 0 saturated carbocycles. The Bertz CT molecular complexity index is 798. The highest BCUT2D eigenvalue weighted by atomic mass is 32.2. The van der Waals surface area contributed by atoms with Crippen LogP contribution in [0.15, 0.2) is 23.1 Å². The lowest BCUT2D eigenvalue weighted by molar-refractivity contribution is -0.149. The first-order valence-electron chi connectivity index (χ1n) is 9.01. The maximum absolute atomic E-state index is 12.9. The van der Waals surface area contributed by atoms with Gasteiger partial charge in [0.25, 0.3) is 0 Å². The van der Waals surface area contributed by atoms with Gasteiger partial charge in [-0.05, 0) is 56.4 Å². The van der Waals surface area contributed by atoms with Gasteiger partial charge in [0, 0.05) is 25.2 Å². The van der Waals surface area contributed by atoms with Crippen LogP contribution in [0, 0.1) is 5.92 Å². The van der Waals surface area contributed by atoms with E-state index in [2.05, 4.69) is 5.32 Å². The van der Waals surface area contributed by atoms with Crippen molar-refractivity contribution in [1.29, 1.82) is 0 Å². The van der Waals surface area contributed by atoms with Crippen molar-refractivity contribution >= 4 is 27.6 Å². The molecule has 1 fully saturated rings. The molecular weight excluding hydrogens is 356 g/mol. The van der Waals surface area contributed by atoms with Crippen molar-refractivity contribution < 1.29 is 22.7 Å². The van der Waals surface area contributed by atoms with E-state index in [-0.39, 0.29) is 22.7 Å². The lowest BCUT2D eigenvalue weighted by Crippen LogP contribution is -2.40. The van der Waals surface area contributed by atoms with Crippen molar-refractivity contribution in [1.82, 2.24) is 4.31 Å². The Morgan fingerprint density at radius 1 is 1.27 bits per heavy atom. The number of carbonyl (C=O) groups excluding carboxylic acids is 2. The minimum atomic E-state index is -3.61. The molecule has 7 nitrogen and oxygen atoms in total. The second-order valence-electron chi connectivity index (χ2n) is 6.65. The summed E-state index contributed by atoms with van der Waals surface area (Å²) in [4.78, 5) is 23.7. The number of hydrogen-bond donors (Lipinski definition) is 1. The van der Waals surface area contributed by atoms with E-state index < -0.39 is 10.0 Å². The van der Waals surface area contributed by atoms with Gasteiger partial charge >= 0.3 is 5.97 Å².